The molecule has 2 aromatic rings. The van der Waals surface area contributed by atoms with Crippen molar-refractivity contribution in [2.45, 2.75) is 69.4 Å². The Morgan fingerprint density at radius 2 is 2.00 bits per heavy atom. The van der Waals surface area contributed by atoms with Gasteiger partial charge in [0.05, 0.1) is 5.60 Å². The Bertz CT molecular complexity index is 663. The smallest absolute Gasteiger partial charge is 0.0896 e. The summed E-state index contributed by atoms with van der Waals surface area (Å²) in [5.74, 6) is 0. The summed E-state index contributed by atoms with van der Waals surface area (Å²) >= 11 is 0. The Morgan fingerprint density at radius 3 is 2.78 bits per heavy atom. The number of aryl methyl sites for hydroxylation is 1. The van der Waals surface area contributed by atoms with E-state index in [9.17, 15) is 5.11 Å². The predicted octanol–water partition coefficient (Wildman–Crippen LogP) is 4.00. The first-order chi connectivity index (χ1) is 11.2. The van der Waals surface area contributed by atoms with Crippen LogP contribution in [-0.2, 0) is 12.0 Å². The summed E-state index contributed by atoms with van der Waals surface area (Å²) in [6.45, 7) is 1.18. The van der Waals surface area contributed by atoms with Crippen LogP contribution in [-0.4, -0.2) is 22.7 Å². The normalized spacial score (nSPS) is 24.3. The van der Waals surface area contributed by atoms with Gasteiger partial charge in [-0.2, -0.15) is 0 Å². The topological polar surface area (TPSA) is 48.0 Å². The third-order valence-corrected chi connectivity index (χ3v) is 5.91. The Labute approximate surface area is 138 Å². The van der Waals surface area contributed by atoms with E-state index in [0.717, 1.165) is 37.7 Å². The molecule has 1 unspecified atom stereocenters. The molecule has 124 valence electrons. The SMILES string of the molecule is OC1(c2ccc3[nH]cc(CCC4CCCN4)c3c2)CCCCC1. The summed E-state index contributed by atoms with van der Waals surface area (Å²) in [5, 5.41) is 15.9. The van der Waals surface area contributed by atoms with Gasteiger partial charge < -0.3 is 15.4 Å². The Kier molecular flexibility index (Phi) is 4.16. The van der Waals surface area contributed by atoms with E-state index in [-0.39, 0.29) is 0 Å². The highest BCUT2D eigenvalue weighted by Gasteiger charge is 2.31. The molecule has 0 bridgehead atoms. The molecule has 4 rings (SSSR count). The first-order valence-corrected chi connectivity index (χ1v) is 9.31. The molecule has 1 aliphatic heterocycles. The summed E-state index contributed by atoms with van der Waals surface area (Å²) in [6.07, 6.45) is 12.5. The lowest BCUT2D eigenvalue weighted by Gasteiger charge is -2.32. The van der Waals surface area contributed by atoms with Gasteiger partial charge in [0.25, 0.3) is 0 Å². The minimum Gasteiger partial charge on any atom is -0.385 e. The molecule has 1 atom stereocenters. The highest BCUT2D eigenvalue weighted by molar-refractivity contribution is 5.84. The van der Waals surface area contributed by atoms with Crippen molar-refractivity contribution in [2.75, 3.05) is 6.54 Å². The summed E-state index contributed by atoms with van der Waals surface area (Å²) < 4.78 is 0. The van der Waals surface area contributed by atoms with Gasteiger partial charge in [0.15, 0.2) is 0 Å². The minimum atomic E-state index is -0.603. The number of H-pyrrole nitrogens is 1. The molecule has 3 nitrogen and oxygen atoms in total. The fourth-order valence-corrected chi connectivity index (χ4v) is 4.43. The fraction of sp³-hybridized carbons (Fsp3) is 0.600. The van der Waals surface area contributed by atoms with Crippen molar-refractivity contribution in [3.05, 3.63) is 35.5 Å². The summed E-state index contributed by atoms with van der Waals surface area (Å²) in [6, 6.07) is 7.20. The number of nitrogens with one attached hydrogen (secondary N) is 2. The molecule has 1 aromatic heterocycles. The average molecular weight is 312 g/mol. The number of rotatable bonds is 4. The molecule has 0 radical (unpaired) electrons. The van der Waals surface area contributed by atoms with Gasteiger partial charge in [-0.05, 0) is 68.3 Å². The molecule has 0 spiro atoms. The molecule has 0 amide bonds. The molecule has 1 aliphatic carbocycles. The number of aromatic amines is 1. The minimum absolute atomic E-state index is 0.603. The van der Waals surface area contributed by atoms with E-state index in [4.69, 9.17) is 0 Å². The van der Waals surface area contributed by atoms with Crippen LogP contribution in [0.1, 0.15) is 62.5 Å². The zero-order chi connectivity index (χ0) is 15.7. The van der Waals surface area contributed by atoms with E-state index < -0.39 is 5.60 Å². The number of aromatic nitrogens is 1. The van der Waals surface area contributed by atoms with Gasteiger partial charge in [0.2, 0.25) is 0 Å². The Balaban J connectivity index is 1.58. The first-order valence-electron chi connectivity index (χ1n) is 9.31. The zero-order valence-corrected chi connectivity index (χ0v) is 13.9. The van der Waals surface area contributed by atoms with Gasteiger partial charge in [-0.25, -0.2) is 0 Å². The van der Waals surface area contributed by atoms with E-state index in [1.807, 2.05) is 0 Å². The van der Waals surface area contributed by atoms with E-state index in [1.165, 1.54) is 48.7 Å². The van der Waals surface area contributed by atoms with Crippen molar-refractivity contribution < 1.29 is 5.11 Å². The Hall–Kier alpha value is -1.32. The summed E-state index contributed by atoms with van der Waals surface area (Å²) in [7, 11) is 0. The molecule has 1 aromatic carbocycles. The van der Waals surface area contributed by atoms with Crippen LogP contribution in [0.3, 0.4) is 0 Å². The maximum absolute atomic E-state index is 11.0. The Morgan fingerprint density at radius 1 is 1.13 bits per heavy atom. The zero-order valence-electron chi connectivity index (χ0n) is 13.9. The summed E-state index contributed by atoms with van der Waals surface area (Å²) in [5.41, 5.74) is 3.11. The highest BCUT2D eigenvalue weighted by Crippen LogP contribution is 2.38. The van der Waals surface area contributed by atoms with Crippen molar-refractivity contribution in [2.24, 2.45) is 0 Å². The number of benzene rings is 1. The molecule has 2 fully saturated rings. The monoisotopic (exact) mass is 312 g/mol. The van der Waals surface area contributed by atoms with E-state index in [2.05, 4.69) is 34.7 Å². The third kappa shape index (κ3) is 3.05. The lowest BCUT2D eigenvalue weighted by Crippen LogP contribution is -2.28. The van der Waals surface area contributed by atoms with E-state index in [0.29, 0.717) is 6.04 Å². The molecule has 2 aliphatic rings. The van der Waals surface area contributed by atoms with Crippen LogP contribution in [0.15, 0.2) is 24.4 Å². The van der Waals surface area contributed by atoms with Crippen molar-refractivity contribution in [1.29, 1.82) is 0 Å². The lowest BCUT2D eigenvalue weighted by molar-refractivity contribution is -0.000509. The van der Waals surface area contributed by atoms with Gasteiger partial charge in [-0.1, -0.05) is 25.3 Å². The maximum atomic E-state index is 11.0. The molecule has 1 saturated heterocycles. The molecule has 2 heterocycles. The van der Waals surface area contributed by atoms with Crippen LogP contribution in [0.5, 0.6) is 0 Å². The van der Waals surface area contributed by atoms with Gasteiger partial charge in [0, 0.05) is 23.1 Å². The van der Waals surface area contributed by atoms with Crippen molar-refractivity contribution in [3.8, 4) is 0 Å². The first kappa shape index (κ1) is 15.2. The van der Waals surface area contributed by atoms with Gasteiger partial charge in [-0.3, -0.25) is 0 Å². The second kappa shape index (κ2) is 6.29. The number of hydrogen-bond donors (Lipinski definition) is 3. The summed E-state index contributed by atoms with van der Waals surface area (Å²) in [4.78, 5) is 3.40. The van der Waals surface area contributed by atoms with Crippen LogP contribution in [0, 0.1) is 0 Å². The largest absolute Gasteiger partial charge is 0.385 e. The standard InChI is InChI=1S/C20H28N2O/c23-20(10-2-1-3-11-20)16-7-9-19-18(13-16)15(14-22-19)6-8-17-5-4-12-21-17/h7,9,13-14,17,21-23H,1-6,8,10-12H2. The lowest BCUT2D eigenvalue weighted by atomic mass is 9.79. The van der Waals surface area contributed by atoms with Crippen molar-refractivity contribution in [3.63, 3.8) is 0 Å². The van der Waals surface area contributed by atoms with Crippen LogP contribution < -0.4 is 5.32 Å². The quantitative estimate of drug-likeness (QED) is 0.799. The molecule has 23 heavy (non-hydrogen) atoms. The molecular weight excluding hydrogens is 284 g/mol. The second-order valence-corrected chi connectivity index (χ2v) is 7.50. The van der Waals surface area contributed by atoms with E-state index >= 15 is 0 Å². The fourth-order valence-electron chi connectivity index (χ4n) is 4.43. The number of aliphatic hydroxyl groups is 1. The van der Waals surface area contributed by atoms with Gasteiger partial charge in [0.1, 0.15) is 0 Å². The number of fused-ring (bicyclic) bond motifs is 1. The second-order valence-electron chi connectivity index (χ2n) is 7.50. The predicted molar refractivity (Wildman–Crippen MR) is 94.6 cm³/mol. The van der Waals surface area contributed by atoms with Crippen LogP contribution in [0.2, 0.25) is 0 Å². The van der Waals surface area contributed by atoms with Crippen molar-refractivity contribution >= 4 is 10.9 Å². The average Bonchev–Trinajstić information content (AvgIpc) is 3.22. The van der Waals surface area contributed by atoms with Gasteiger partial charge in [-0.15, -0.1) is 0 Å². The third-order valence-electron chi connectivity index (χ3n) is 5.91. The maximum Gasteiger partial charge on any atom is 0.0896 e. The molecule has 3 heteroatoms. The highest BCUT2D eigenvalue weighted by atomic mass is 16.3. The van der Waals surface area contributed by atoms with Crippen LogP contribution >= 0.6 is 0 Å². The van der Waals surface area contributed by atoms with Crippen LogP contribution in [0.25, 0.3) is 10.9 Å². The van der Waals surface area contributed by atoms with E-state index in [1.54, 1.807) is 0 Å². The van der Waals surface area contributed by atoms with Gasteiger partial charge >= 0.3 is 0 Å². The molecular formula is C20H28N2O. The van der Waals surface area contributed by atoms with Crippen LogP contribution in [0.4, 0.5) is 0 Å². The number of hydrogen-bond acceptors (Lipinski definition) is 2. The van der Waals surface area contributed by atoms with Crippen molar-refractivity contribution in [1.82, 2.24) is 10.3 Å². The molecule has 3 N–H and O–H groups in total. The molecule has 1 saturated carbocycles.